The van der Waals surface area contributed by atoms with Crippen molar-refractivity contribution in [3.63, 3.8) is 0 Å². The Balaban J connectivity index is 2.19. The number of rotatable bonds is 4. The van der Waals surface area contributed by atoms with Gasteiger partial charge in [-0.1, -0.05) is 0 Å². The molecule has 100 valence electrons. The maximum atomic E-state index is 12.1. The van der Waals surface area contributed by atoms with Gasteiger partial charge >= 0.3 is 0 Å². The molecular formula is C11H11BrN4O2S. The van der Waals surface area contributed by atoms with Gasteiger partial charge in [0.15, 0.2) is 0 Å². The first-order valence-corrected chi connectivity index (χ1v) is 7.56. The fraction of sp³-hybridized carbons (Fsp3) is 0.0909. The lowest BCUT2D eigenvalue weighted by Gasteiger charge is -2.08. The quantitative estimate of drug-likeness (QED) is 0.816. The molecule has 6 nitrogen and oxygen atoms in total. The van der Waals surface area contributed by atoms with Gasteiger partial charge in [-0.25, -0.2) is 23.1 Å². The van der Waals surface area contributed by atoms with Gasteiger partial charge in [-0.05, 0) is 40.2 Å². The van der Waals surface area contributed by atoms with E-state index < -0.39 is 10.0 Å². The first-order chi connectivity index (χ1) is 8.99. The van der Waals surface area contributed by atoms with Crippen LogP contribution in [0.5, 0.6) is 0 Å². The Kier molecular flexibility index (Phi) is 4.13. The largest absolute Gasteiger partial charge is 0.399 e. The standard InChI is InChI=1S/C11H11BrN4O2S/c12-10-5-8(13)1-2-11(10)19(17,18)16-6-9-3-4-14-7-15-9/h1-5,7,16H,6,13H2. The molecule has 0 aliphatic carbocycles. The van der Waals surface area contributed by atoms with Gasteiger partial charge in [0.25, 0.3) is 0 Å². The molecule has 2 rings (SSSR count). The molecule has 2 aromatic rings. The Hall–Kier alpha value is -1.51. The molecule has 0 fully saturated rings. The third kappa shape index (κ3) is 3.49. The number of anilines is 1. The van der Waals surface area contributed by atoms with Gasteiger partial charge in [-0.2, -0.15) is 0 Å². The SMILES string of the molecule is Nc1ccc(S(=O)(=O)NCc2ccncn2)c(Br)c1. The van der Waals surface area contributed by atoms with Crippen LogP contribution in [0.1, 0.15) is 5.69 Å². The molecule has 0 saturated heterocycles. The summed E-state index contributed by atoms with van der Waals surface area (Å²) < 4.78 is 27.1. The van der Waals surface area contributed by atoms with Crippen molar-refractivity contribution in [2.24, 2.45) is 0 Å². The number of halogens is 1. The zero-order valence-corrected chi connectivity index (χ0v) is 12.1. The lowest BCUT2D eigenvalue weighted by Crippen LogP contribution is -2.24. The van der Waals surface area contributed by atoms with Crippen LogP contribution in [0.4, 0.5) is 5.69 Å². The minimum absolute atomic E-state index is 0.0989. The molecule has 1 aromatic carbocycles. The van der Waals surface area contributed by atoms with Crippen LogP contribution >= 0.6 is 15.9 Å². The average molecular weight is 343 g/mol. The summed E-state index contributed by atoms with van der Waals surface area (Å²) in [6.07, 6.45) is 2.92. The number of sulfonamides is 1. The second kappa shape index (κ2) is 5.64. The number of hydrogen-bond acceptors (Lipinski definition) is 5. The highest BCUT2D eigenvalue weighted by Crippen LogP contribution is 2.24. The van der Waals surface area contributed by atoms with Gasteiger partial charge in [0.2, 0.25) is 10.0 Å². The van der Waals surface area contributed by atoms with Crippen molar-refractivity contribution < 1.29 is 8.42 Å². The number of nitrogens with zero attached hydrogens (tertiary/aromatic N) is 2. The van der Waals surface area contributed by atoms with Crippen molar-refractivity contribution in [3.8, 4) is 0 Å². The van der Waals surface area contributed by atoms with Crippen molar-refractivity contribution in [3.05, 3.63) is 47.0 Å². The summed E-state index contributed by atoms with van der Waals surface area (Å²) in [7, 11) is -3.62. The number of aromatic nitrogens is 2. The highest BCUT2D eigenvalue weighted by molar-refractivity contribution is 9.10. The van der Waals surface area contributed by atoms with Gasteiger partial charge in [0.1, 0.15) is 6.33 Å². The fourth-order valence-corrected chi connectivity index (χ4v) is 3.50. The van der Waals surface area contributed by atoms with E-state index in [2.05, 4.69) is 30.6 Å². The van der Waals surface area contributed by atoms with Gasteiger partial charge in [0, 0.05) is 16.4 Å². The lowest BCUT2D eigenvalue weighted by molar-refractivity contribution is 0.580. The van der Waals surface area contributed by atoms with E-state index in [4.69, 9.17) is 5.73 Å². The molecule has 1 heterocycles. The molecule has 0 saturated carbocycles. The summed E-state index contributed by atoms with van der Waals surface area (Å²) in [5.74, 6) is 0. The number of hydrogen-bond donors (Lipinski definition) is 2. The molecule has 0 radical (unpaired) electrons. The molecule has 0 atom stereocenters. The Labute approximate surface area is 119 Å². The Morgan fingerprint density at radius 2 is 2.11 bits per heavy atom. The molecule has 0 spiro atoms. The van der Waals surface area contributed by atoms with Crippen LogP contribution in [0.15, 0.2) is 46.2 Å². The predicted molar refractivity (Wildman–Crippen MR) is 74.6 cm³/mol. The van der Waals surface area contributed by atoms with Crippen LogP contribution in [0.25, 0.3) is 0 Å². The Morgan fingerprint density at radius 1 is 1.32 bits per heavy atom. The molecule has 0 aliphatic rings. The molecule has 1 aromatic heterocycles. The van der Waals surface area contributed by atoms with E-state index in [-0.39, 0.29) is 11.4 Å². The predicted octanol–water partition coefficient (Wildman–Crippen LogP) is 1.30. The summed E-state index contributed by atoms with van der Waals surface area (Å²) in [5, 5.41) is 0. The zero-order chi connectivity index (χ0) is 13.9. The van der Waals surface area contributed by atoms with Crippen LogP contribution in [0, 0.1) is 0 Å². The van der Waals surface area contributed by atoms with E-state index in [1.165, 1.54) is 18.5 Å². The zero-order valence-electron chi connectivity index (χ0n) is 9.75. The second-order valence-corrected chi connectivity index (χ2v) is 6.30. The van der Waals surface area contributed by atoms with Crippen molar-refractivity contribution >= 4 is 31.6 Å². The molecule has 19 heavy (non-hydrogen) atoms. The van der Waals surface area contributed by atoms with E-state index in [1.54, 1.807) is 18.3 Å². The van der Waals surface area contributed by atoms with E-state index in [9.17, 15) is 8.42 Å². The van der Waals surface area contributed by atoms with Gasteiger partial charge < -0.3 is 5.73 Å². The van der Waals surface area contributed by atoms with Crippen LogP contribution in [-0.4, -0.2) is 18.4 Å². The fourth-order valence-electron chi connectivity index (χ4n) is 1.40. The third-order valence-electron chi connectivity index (χ3n) is 2.33. The smallest absolute Gasteiger partial charge is 0.242 e. The van der Waals surface area contributed by atoms with Gasteiger partial charge in [-0.15, -0.1) is 0 Å². The van der Waals surface area contributed by atoms with Gasteiger partial charge in [0.05, 0.1) is 17.1 Å². The van der Waals surface area contributed by atoms with Crippen LogP contribution in [0.2, 0.25) is 0 Å². The van der Waals surface area contributed by atoms with Crippen molar-refractivity contribution in [1.82, 2.24) is 14.7 Å². The molecule has 3 N–H and O–H groups in total. The average Bonchev–Trinajstić information content (AvgIpc) is 2.37. The minimum atomic E-state index is -3.62. The summed E-state index contributed by atoms with van der Waals surface area (Å²) in [6.45, 7) is 0.0989. The van der Waals surface area contributed by atoms with E-state index in [0.29, 0.717) is 15.9 Å². The molecule has 8 heteroatoms. The minimum Gasteiger partial charge on any atom is -0.399 e. The molecule has 0 unspecified atom stereocenters. The Morgan fingerprint density at radius 3 is 2.74 bits per heavy atom. The first-order valence-electron chi connectivity index (χ1n) is 5.28. The highest BCUT2D eigenvalue weighted by Gasteiger charge is 2.17. The number of nitrogens with two attached hydrogens (primary N) is 1. The van der Waals surface area contributed by atoms with Crippen LogP contribution in [0.3, 0.4) is 0 Å². The Bertz CT molecular complexity index is 676. The maximum Gasteiger partial charge on any atom is 0.242 e. The summed E-state index contributed by atoms with van der Waals surface area (Å²) >= 11 is 3.18. The normalized spacial score (nSPS) is 11.4. The summed E-state index contributed by atoms with van der Waals surface area (Å²) in [5.41, 5.74) is 6.65. The summed E-state index contributed by atoms with van der Waals surface area (Å²) in [4.78, 5) is 7.84. The van der Waals surface area contributed by atoms with E-state index in [1.807, 2.05) is 0 Å². The molecule has 0 bridgehead atoms. The van der Waals surface area contributed by atoms with E-state index in [0.717, 1.165) is 0 Å². The monoisotopic (exact) mass is 342 g/mol. The maximum absolute atomic E-state index is 12.1. The van der Waals surface area contributed by atoms with Crippen LogP contribution < -0.4 is 10.5 Å². The summed E-state index contributed by atoms with van der Waals surface area (Å²) in [6, 6.07) is 6.16. The first kappa shape index (κ1) is 13.9. The number of benzene rings is 1. The lowest BCUT2D eigenvalue weighted by atomic mass is 10.3. The van der Waals surface area contributed by atoms with Crippen molar-refractivity contribution in [2.75, 3.05) is 5.73 Å². The molecule has 0 aliphatic heterocycles. The van der Waals surface area contributed by atoms with Gasteiger partial charge in [-0.3, -0.25) is 0 Å². The highest BCUT2D eigenvalue weighted by atomic mass is 79.9. The van der Waals surface area contributed by atoms with Crippen molar-refractivity contribution in [2.45, 2.75) is 11.4 Å². The topological polar surface area (TPSA) is 98.0 Å². The molecular weight excluding hydrogens is 332 g/mol. The number of nitrogen functional groups attached to an aromatic ring is 1. The molecule has 0 amide bonds. The van der Waals surface area contributed by atoms with Crippen molar-refractivity contribution in [1.29, 1.82) is 0 Å². The van der Waals surface area contributed by atoms with Crippen LogP contribution in [-0.2, 0) is 16.6 Å². The second-order valence-electron chi connectivity index (χ2n) is 3.72. The third-order valence-corrected chi connectivity index (χ3v) is 4.71. The number of nitrogens with one attached hydrogen (secondary N) is 1. The van der Waals surface area contributed by atoms with E-state index >= 15 is 0 Å².